The van der Waals surface area contributed by atoms with E-state index in [1.807, 2.05) is 0 Å². The summed E-state index contributed by atoms with van der Waals surface area (Å²) in [6, 6.07) is 4.49. The number of nitrogens with one attached hydrogen (secondary N) is 1. The fourth-order valence-corrected chi connectivity index (χ4v) is 2.27. The molecule has 0 saturated carbocycles. The molecule has 0 unspecified atom stereocenters. The number of hydrogen-bond donors (Lipinski definition) is 2. The minimum Gasteiger partial charge on any atom is -0.369 e. The zero-order chi connectivity index (χ0) is 11.7. The van der Waals surface area contributed by atoms with E-state index in [2.05, 4.69) is 5.32 Å². The van der Waals surface area contributed by atoms with Gasteiger partial charge in [0.2, 0.25) is 5.91 Å². The van der Waals surface area contributed by atoms with Crippen molar-refractivity contribution in [2.24, 2.45) is 11.7 Å². The Kier molecular flexibility index (Phi) is 3.12. The minimum absolute atomic E-state index is 0.199. The number of nitrogens with two attached hydrogens (primary N) is 1. The van der Waals surface area contributed by atoms with Crippen molar-refractivity contribution >= 4 is 17.5 Å². The van der Waals surface area contributed by atoms with Gasteiger partial charge in [-0.2, -0.15) is 0 Å². The van der Waals surface area contributed by atoms with E-state index in [4.69, 9.17) is 17.3 Å². The van der Waals surface area contributed by atoms with E-state index >= 15 is 0 Å². The Hall–Kier alpha value is -1.13. The van der Waals surface area contributed by atoms with E-state index < -0.39 is 5.91 Å². The summed E-state index contributed by atoms with van der Waals surface area (Å²) in [6.45, 7) is 1.06. The van der Waals surface area contributed by atoms with Gasteiger partial charge in [0.15, 0.2) is 0 Å². The van der Waals surface area contributed by atoms with Crippen molar-refractivity contribution in [1.29, 1.82) is 0 Å². The molecule has 1 heterocycles. The summed E-state index contributed by atoms with van der Waals surface area (Å²) in [7, 11) is 0. The monoisotopic (exact) mass is 242 g/mol. The summed E-state index contributed by atoms with van der Waals surface area (Å²) >= 11 is 5.68. The highest BCUT2D eigenvalue weighted by molar-refractivity contribution is 6.30. The van der Waals surface area contributed by atoms with Crippen LogP contribution in [0.3, 0.4) is 0 Å². The Morgan fingerprint density at radius 1 is 1.50 bits per heavy atom. The van der Waals surface area contributed by atoms with Crippen molar-refractivity contribution in [3.8, 4) is 0 Å². The van der Waals surface area contributed by atoms with Crippen LogP contribution >= 0.6 is 11.6 Å². The summed E-state index contributed by atoms with van der Waals surface area (Å²) in [6.07, 6.45) is 0. The number of benzene rings is 1. The molecule has 1 aromatic rings. The van der Waals surface area contributed by atoms with Crippen molar-refractivity contribution in [3.63, 3.8) is 0 Å². The zero-order valence-corrected chi connectivity index (χ0v) is 9.30. The van der Waals surface area contributed by atoms with Crippen LogP contribution in [-0.4, -0.2) is 19.0 Å². The number of halogens is 2. The van der Waals surface area contributed by atoms with Crippen molar-refractivity contribution in [2.75, 3.05) is 13.1 Å². The smallest absolute Gasteiger partial charge is 0.222 e. The maximum absolute atomic E-state index is 13.7. The van der Waals surface area contributed by atoms with Gasteiger partial charge in [0.1, 0.15) is 5.82 Å². The number of primary amides is 1. The van der Waals surface area contributed by atoms with Crippen LogP contribution in [0.2, 0.25) is 5.02 Å². The van der Waals surface area contributed by atoms with Crippen LogP contribution in [0.5, 0.6) is 0 Å². The highest BCUT2D eigenvalue weighted by atomic mass is 35.5. The van der Waals surface area contributed by atoms with Gasteiger partial charge in [0.25, 0.3) is 0 Å². The van der Waals surface area contributed by atoms with E-state index in [9.17, 15) is 9.18 Å². The van der Waals surface area contributed by atoms with Crippen LogP contribution < -0.4 is 11.1 Å². The van der Waals surface area contributed by atoms with Crippen LogP contribution in [0.4, 0.5) is 4.39 Å². The van der Waals surface area contributed by atoms with Gasteiger partial charge in [0, 0.05) is 24.0 Å². The number of amides is 1. The Morgan fingerprint density at radius 2 is 2.25 bits per heavy atom. The van der Waals surface area contributed by atoms with Crippen molar-refractivity contribution < 1.29 is 9.18 Å². The molecule has 0 bridgehead atoms. The molecule has 1 aliphatic rings. The Labute approximate surface area is 97.8 Å². The van der Waals surface area contributed by atoms with Gasteiger partial charge in [-0.25, -0.2) is 4.39 Å². The summed E-state index contributed by atoms with van der Waals surface area (Å²) < 4.78 is 13.7. The first-order chi connectivity index (χ1) is 7.59. The lowest BCUT2D eigenvalue weighted by atomic mass is 9.88. The maximum atomic E-state index is 13.7. The largest absolute Gasteiger partial charge is 0.369 e. The van der Waals surface area contributed by atoms with Gasteiger partial charge in [-0.3, -0.25) is 4.79 Å². The SMILES string of the molecule is NC(=O)[C@H]1CNC[C@@H]1c1ccc(Cl)cc1F. The number of carbonyl (C=O) groups is 1. The maximum Gasteiger partial charge on any atom is 0.222 e. The third-order valence-corrected chi connectivity index (χ3v) is 3.18. The van der Waals surface area contributed by atoms with Gasteiger partial charge >= 0.3 is 0 Å². The first kappa shape index (κ1) is 11.4. The molecule has 1 saturated heterocycles. The van der Waals surface area contributed by atoms with Crippen LogP contribution in [-0.2, 0) is 4.79 Å². The average molecular weight is 243 g/mol. The molecule has 1 amide bonds. The van der Waals surface area contributed by atoms with Gasteiger partial charge in [0.05, 0.1) is 5.92 Å². The summed E-state index contributed by atoms with van der Waals surface area (Å²) in [4.78, 5) is 11.2. The predicted molar refractivity (Wildman–Crippen MR) is 59.7 cm³/mol. The molecule has 3 N–H and O–H groups in total. The Morgan fingerprint density at radius 3 is 2.88 bits per heavy atom. The highest BCUT2D eigenvalue weighted by Gasteiger charge is 2.33. The van der Waals surface area contributed by atoms with Crippen LogP contribution in [0.15, 0.2) is 18.2 Å². The molecular formula is C11H12ClFN2O. The lowest BCUT2D eigenvalue weighted by Crippen LogP contribution is -2.28. The summed E-state index contributed by atoms with van der Waals surface area (Å²) in [5.74, 6) is -1.33. The molecule has 0 spiro atoms. The first-order valence-corrected chi connectivity index (χ1v) is 5.42. The highest BCUT2D eigenvalue weighted by Crippen LogP contribution is 2.30. The third kappa shape index (κ3) is 2.03. The molecule has 2 atom stereocenters. The molecule has 0 aromatic heterocycles. The molecule has 3 nitrogen and oxygen atoms in total. The zero-order valence-electron chi connectivity index (χ0n) is 8.54. The Balaban J connectivity index is 2.32. The summed E-state index contributed by atoms with van der Waals surface area (Å²) in [5.41, 5.74) is 5.78. The van der Waals surface area contributed by atoms with Crippen molar-refractivity contribution in [2.45, 2.75) is 5.92 Å². The van der Waals surface area contributed by atoms with E-state index in [0.717, 1.165) is 0 Å². The minimum atomic E-state index is -0.399. The fraction of sp³-hybridized carbons (Fsp3) is 0.364. The standard InChI is InChI=1S/C11H12ClFN2O/c12-6-1-2-7(10(13)3-6)8-4-15-5-9(8)11(14)16/h1-3,8-9,15H,4-5H2,(H2,14,16)/t8-,9+/m1/s1. The molecule has 86 valence electrons. The number of carbonyl (C=O) groups excluding carboxylic acids is 1. The van der Waals surface area contributed by atoms with Crippen molar-refractivity contribution in [3.05, 3.63) is 34.6 Å². The van der Waals surface area contributed by atoms with Crippen LogP contribution in [0.1, 0.15) is 11.5 Å². The number of rotatable bonds is 2. The molecule has 0 aliphatic carbocycles. The third-order valence-electron chi connectivity index (χ3n) is 2.94. The van der Waals surface area contributed by atoms with E-state index in [1.54, 1.807) is 12.1 Å². The van der Waals surface area contributed by atoms with E-state index in [0.29, 0.717) is 23.7 Å². The average Bonchev–Trinajstić information content (AvgIpc) is 2.66. The molecule has 0 radical (unpaired) electrons. The van der Waals surface area contributed by atoms with Gasteiger partial charge < -0.3 is 11.1 Å². The molecule has 2 rings (SSSR count). The second-order valence-corrected chi connectivity index (χ2v) is 4.38. The normalized spacial score (nSPS) is 24.6. The topological polar surface area (TPSA) is 55.1 Å². The van der Waals surface area contributed by atoms with Gasteiger partial charge in [-0.05, 0) is 17.7 Å². The Bertz CT molecular complexity index is 424. The number of hydrogen-bond acceptors (Lipinski definition) is 2. The quantitative estimate of drug-likeness (QED) is 0.821. The van der Waals surface area contributed by atoms with E-state index in [1.165, 1.54) is 6.07 Å². The molecule has 5 heteroatoms. The molecule has 16 heavy (non-hydrogen) atoms. The molecule has 1 aliphatic heterocycles. The lowest BCUT2D eigenvalue weighted by Gasteiger charge is -2.16. The van der Waals surface area contributed by atoms with Gasteiger partial charge in [-0.1, -0.05) is 17.7 Å². The first-order valence-electron chi connectivity index (χ1n) is 5.04. The molecule has 1 fully saturated rings. The van der Waals surface area contributed by atoms with Crippen LogP contribution in [0, 0.1) is 11.7 Å². The lowest BCUT2D eigenvalue weighted by molar-refractivity contribution is -0.121. The van der Waals surface area contributed by atoms with Crippen molar-refractivity contribution in [1.82, 2.24) is 5.32 Å². The molecular weight excluding hydrogens is 231 g/mol. The fourth-order valence-electron chi connectivity index (χ4n) is 2.11. The second kappa shape index (κ2) is 4.39. The van der Waals surface area contributed by atoms with E-state index in [-0.39, 0.29) is 17.7 Å². The van der Waals surface area contributed by atoms with Crippen LogP contribution in [0.25, 0.3) is 0 Å². The summed E-state index contributed by atoms with van der Waals surface area (Å²) in [5, 5.41) is 3.39. The predicted octanol–water partition coefficient (Wildman–Crippen LogP) is 1.27. The molecule has 1 aromatic carbocycles. The second-order valence-electron chi connectivity index (χ2n) is 3.94. The van der Waals surface area contributed by atoms with Gasteiger partial charge in [-0.15, -0.1) is 0 Å².